The average Bonchev–Trinajstić information content (AvgIpc) is 2.37. The zero-order valence-corrected chi connectivity index (χ0v) is 10.4. The van der Waals surface area contributed by atoms with Crippen molar-refractivity contribution in [1.29, 1.82) is 0 Å². The van der Waals surface area contributed by atoms with Gasteiger partial charge in [0.05, 0.1) is 7.11 Å². The Morgan fingerprint density at radius 1 is 1.33 bits per heavy atom. The van der Waals surface area contributed by atoms with Crippen LogP contribution in [0, 0.1) is 0 Å². The highest BCUT2D eigenvalue weighted by atomic mass is 16.5. The molecule has 0 saturated carbocycles. The predicted octanol–water partition coefficient (Wildman–Crippen LogP) is 1.29. The van der Waals surface area contributed by atoms with E-state index >= 15 is 0 Å². The van der Waals surface area contributed by atoms with Gasteiger partial charge in [0.15, 0.2) is 0 Å². The Labute approximate surface area is 106 Å². The van der Waals surface area contributed by atoms with Crippen LogP contribution in [0.5, 0.6) is 0 Å². The number of rotatable bonds is 3. The van der Waals surface area contributed by atoms with Crippen LogP contribution < -0.4 is 5.73 Å². The molecule has 0 fully saturated rings. The lowest BCUT2D eigenvalue weighted by molar-refractivity contribution is -0.141. The first kappa shape index (κ1) is 15.9. The highest BCUT2D eigenvalue weighted by Gasteiger charge is 2.03. The highest BCUT2D eigenvalue weighted by molar-refractivity contribution is 5.85. The van der Waals surface area contributed by atoms with Crippen molar-refractivity contribution in [2.75, 3.05) is 7.11 Å². The molecule has 0 amide bonds. The molecule has 0 radical (unpaired) electrons. The largest absolute Gasteiger partial charge is 0.478 e. The Hall–Kier alpha value is -2.14. The summed E-state index contributed by atoms with van der Waals surface area (Å²) in [6, 6.07) is 8.81. The van der Waals surface area contributed by atoms with E-state index in [0.717, 1.165) is 11.6 Å². The fourth-order valence-electron chi connectivity index (χ4n) is 0.918. The topological polar surface area (TPSA) is 89.6 Å². The lowest BCUT2D eigenvalue weighted by atomic mass is 10.2. The second-order valence-corrected chi connectivity index (χ2v) is 3.39. The molecule has 1 aromatic rings. The van der Waals surface area contributed by atoms with E-state index in [9.17, 15) is 9.59 Å². The number of methoxy groups -OCH3 is 1. The van der Waals surface area contributed by atoms with Crippen molar-refractivity contribution in [2.45, 2.75) is 13.0 Å². The molecule has 0 saturated heterocycles. The molecule has 1 atom stereocenters. The smallest absolute Gasteiger partial charge is 0.328 e. The first-order chi connectivity index (χ1) is 8.47. The maximum atomic E-state index is 10.2. The molecular weight excluding hydrogens is 234 g/mol. The normalized spacial score (nSPS) is 11.3. The van der Waals surface area contributed by atoms with Crippen molar-refractivity contribution >= 4 is 18.0 Å². The highest BCUT2D eigenvalue weighted by Crippen LogP contribution is 1.99. The molecular formula is C13H17NO4. The van der Waals surface area contributed by atoms with E-state index in [4.69, 9.17) is 10.8 Å². The quantitative estimate of drug-likeness (QED) is 0.624. The molecule has 5 heteroatoms. The van der Waals surface area contributed by atoms with Gasteiger partial charge in [0.25, 0.3) is 0 Å². The van der Waals surface area contributed by atoms with Gasteiger partial charge in [-0.3, -0.25) is 4.79 Å². The van der Waals surface area contributed by atoms with Crippen molar-refractivity contribution in [3.05, 3.63) is 42.0 Å². The number of ether oxygens (including phenoxy) is 1. The van der Waals surface area contributed by atoms with Crippen LogP contribution in [0.3, 0.4) is 0 Å². The van der Waals surface area contributed by atoms with Gasteiger partial charge >= 0.3 is 11.9 Å². The van der Waals surface area contributed by atoms with E-state index in [0.29, 0.717) is 0 Å². The van der Waals surface area contributed by atoms with Crippen LogP contribution in [0.25, 0.3) is 6.08 Å². The number of carboxylic acids is 1. The van der Waals surface area contributed by atoms with E-state index < -0.39 is 12.0 Å². The summed E-state index contributed by atoms with van der Waals surface area (Å²) in [7, 11) is 1.31. The van der Waals surface area contributed by atoms with E-state index in [-0.39, 0.29) is 5.97 Å². The third-order valence-electron chi connectivity index (χ3n) is 1.79. The van der Waals surface area contributed by atoms with Gasteiger partial charge in [0, 0.05) is 6.08 Å². The van der Waals surface area contributed by atoms with Gasteiger partial charge in [-0.25, -0.2) is 4.79 Å². The van der Waals surface area contributed by atoms with Crippen molar-refractivity contribution in [1.82, 2.24) is 0 Å². The molecule has 0 aliphatic heterocycles. The number of nitrogens with two attached hydrogens (primary N) is 1. The molecule has 0 spiro atoms. The van der Waals surface area contributed by atoms with Gasteiger partial charge in [-0.15, -0.1) is 0 Å². The minimum Gasteiger partial charge on any atom is -0.478 e. The maximum Gasteiger partial charge on any atom is 0.328 e. The lowest BCUT2D eigenvalue weighted by Gasteiger charge is -1.98. The molecule has 0 unspecified atom stereocenters. The van der Waals surface area contributed by atoms with Gasteiger partial charge in [0.1, 0.15) is 6.04 Å². The summed E-state index contributed by atoms with van der Waals surface area (Å²) in [5, 5.41) is 8.29. The van der Waals surface area contributed by atoms with Gasteiger partial charge in [-0.05, 0) is 18.6 Å². The minimum absolute atomic E-state index is 0.375. The summed E-state index contributed by atoms with van der Waals surface area (Å²) in [4.78, 5) is 20.3. The fraction of sp³-hybridized carbons (Fsp3) is 0.231. The Bertz CT molecular complexity index is 399. The summed E-state index contributed by atoms with van der Waals surface area (Å²) in [6.45, 7) is 1.58. The molecule has 0 aromatic heterocycles. The van der Waals surface area contributed by atoms with E-state index in [1.807, 2.05) is 30.3 Å². The number of aliphatic carboxylic acids is 1. The molecule has 3 N–H and O–H groups in total. The van der Waals surface area contributed by atoms with Crippen LogP contribution in [0.15, 0.2) is 36.4 Å². The molecule has 0 aliphatic rings. The summed E-state index contributed by atoms with van der Waals surface area (Å²) in [5.41, 5.74) is 5.97. The van der Waals surface area contributed by atoms with Crippen LogP contribution in [-0.4, -0.2) is 30.2 Å². The fourth-order valence-corrected chi connectivity index (χ4v) is 0.918. The first-order valence-corrected chi connectivity index (χ1v) is 5.26. The van der Waals surface area contributed by atoms with E-state index in [2.05, 4.69) is 4.74 Å². The van der Waals surface area contributed by atoms with Crippen molar-refractivity contribution < 1.29 is 19.4 Å². The Morgan fingerprint density at radius 3 is 2.22 bits per heavy atom. The van der Waals surface area contributed by atoms with Crippen molar-refractivity contribution in [2.24, 2.45) is 5.73 Å². The zero-order chi connectivity index (χ0) is 14.0. The SMILES string of the molecule is COC(=O)[C@H](C)N.O=C(O)/C=C/c1ccccc1. The maximum absolute atomic E-state index is 10.2. The Morgan fingerprint density at radius 2 is 1.89 bits per heavy atom. The molecule has 0 aliphatic carbocycles. The van der Waals surface area contributed by atoms with Crippen molar-refractivity contribution in [3.8, 4) is 0 Å². The molecule has 98 valence electrons. The number of hydrogen-bond donors (Lipinski definition) is 2. The van der Waals surface area contributed by atoms with Crippen LogP contribution in [0.1, 0.15) is 12.5 Å². The molecule has 1 aromatic carbocycles. The van der Waals surface area contributed by atoms with Crippen LogP contribution in [0.2, 0.25) is 0 Å². The minimum atomic E-state index is -0.922. The third kappa shape index (κ3) is 8.06. The number of hydrogen-bond acceptors (Lipinski definition) is 4. The monoisotopic (exact) mass is 251 g/mol. The number of benzene rings is 1. The molecule has 18 heavy (non-hydrogen) atoms. The summed E-state index contributed by atoms with van der Waals surface area (Å²) in [5.74, 6) is -1.30. The van der Waals surface area contributed by atoms with Crippen molar-refractivity contribution in [3.63, 3.8) is 0 Å². The molecule has 5 nitrogen and oxygen atoms in total. The van der Waals surface area contributed by atoms with Crippen LogP contribution in [0.4, 0.5) is 0 Å². The Kier molecular flexibility index (Phi) is 7.89. The lowest BCUT2D eigenvalue weighted by Crippen LogP contribution is -2.27. The standard InChI is InChI=1S/C9H8O2.C4H9NO2/c10-9(11)7-6-8-4-2-1-3-5-8;1-3(5)4(6)7-2/h1-7H,(H,10,11);3H,5H2,1-2H3/b7-6+;/t;3-/m.0/s1. The third-order valence-corrected chi connectivity index (χ3v) is 1.79. The van der Waals surface area contributed by atoms with E-state index in [1.54, 1.807) is 13.0 Å². The Balaban J connectivity index is 0.000000360. The van der Waals surface area contributed by atoms with Gasteiger partial charge in [-0.2, -0.15) is 0 Å². The first-order valence-electron chi connectivity index (χ1n) is 5.26. The van der Waals surface area contributed by atoms with Gasteiger partial charge in [0.2, 0.25) is 0 Å². The zero-order valence-electron chi connectivity index (χ0n) is 10.4. The summed E-state index contributed by atoms with van der Waals surface area (Å²) < 4.78 is 4.25. The summed E-state index contributed by atoms with van der Waals surface area (Å²) >= 11 is 0. The van der Waals surface area contributed by atoms with Crippen LogP contribution in [-0.2, 0) is 14.3 Å². The average molecular weight is 251 g/mol. The number of carbonyl (C=O) groups is 2. The number of esters is 1. The second kappa shape index (κ2) is 8.95. The van der Waals surface area contributed by atoms with Gasteiger partial charge < -0.3 is 15.6 Å². The molecule has 0 heterocycles. The molecule has 1 rings (SSSR count). The van der Waals surface area contributed by atoms with E-state index in [1.165, 1.54) is 7.11 Å². The number of carbonyl (C=O) groups excluding carboxylic acids is 1. The molecule has 0 bridgehead atoms. The van der Waals surface area contributed by atoms with Crippen LogP contribution >= 0.6 is 0 Å². The number of carboxylic acid groups (broad SMARTS) is 1. The second-order valence-electron chi connectivity index (χ2n) is 3.39. The predicted molar refractivity (Wildman–Crippen MR) is 68.8 cm³/mol. The van der Waals surface area contributed by atoms with Gasteiger partial charge in [-0.1, -0.05) is 30.3 Å². The summed E-state index contributed by atoms with van der Waals surface area (Å²) in [6.07, 6.45) is 2.68.